The number of nitrogens with one attached hydrogen (secondary N) is 1. The van der Waals surface area contributed by atoms with Crippen molar-refractivity contribution in [1.29, 1.82) is 0 Å². The summed E-state index contributed by atoms with van der Waals surface area (Å²) in [6.07, 6.45) is 0.246. The van der Waals surface area contributed by atoms with Gasteiger partial charge in [0.2, 0.25) is 16.9 Å². The molecule has 2 rings (SSSR count). The Balaban J connectivity index is 2.14. The van der Waals surface area contributed by atoms with Crippen molar-refractivity contribution in [2.24, 2.45) is 5.92 Å². The van der Waals surface area contributed by atoms with Gasteiger partial charge in [-0.2, -0.15) is 0 Å². The number of carbonyl (C=O) groups is 2. The summed E-state index contributed by atoms with van der Waals surface area (Å²) >= 11 is 1.41. The highest BCUT2D eigenvalue weighted by Gasteiger charge is 2.36. The summed E-state index contributed by atoms with van der Waals surface area (Å²) in [7, 11) is 1.58. The van der Waals surface area contributed by atoms with Crippen molar-refractivity contribution >= 4 is 28.3 Å². The van der Waals surface area contributed by atoms with Gasteiger partial charge in [0, 0.05) is 25.9 Å². The van der Waals surface area contributed by atoms with Crippen molar-refractivity contribution in [3.8, 4) is 0 Å². The zero-order valence-electron chi connectivity index (χ0n) is 10.6. The molecular formula is C11H16N4O2S. The number of rotatable bonds is 3. The fourth-order valence-corrected chi connectivity index (χ4v) is 2.71. The second kappa shape index (κ2) is 5.01. The number of amides is 2. The number of hydrogen-bond donors (Lipinski definition) is 1. The maximum atomic E-state index is 11.9. The second-order valence-corrected chi connectivity index (χ2v) is 5.58. The zero-order valence-corrected chi connectivity index (χ0v) is 11.5. The van der Waals surface area contributed by atoms with Gasteiger partial charge in [0.1, 0.15) is 5.01 Å². The first-order chi connectivity index (χ1) is 8.52. The molecule has 0 aromatic carbocycles. The van der Waals surface area contributed by atoms with Gasteiger partial charge < -0.3 is 5.32 Å². The summed E-state index contributed by atoms with van der Waals surface area (Å²) in [4.78, 5) is 25.0. The summed E-state index contributed by atoms with van der Waals surface area (Å²) in [6.45, 7) is 4.46. The molecule has 2 amide bonds. The van der Waals surface area contributed by atoms with E-state index in [1.54, 1.807) is 11.9 Å². The van der Waals surface area contributed by atoms with Crippen LogP contribution in [0.5, 0.6) is 0 Å². The predicted octanol–water partition coefficient (Wildman–Crippen LogP) is 0.760. The van der Waals surface area contributed by atoms with E-state index in [9.17, 15) is 9.59 Å². The molecule has 0 spiro atoms. The van der Waals surface area contributed by atoms with Gasteiger partial charge in [-0.05, 0) is 0 Å². The highest BCUT2D eigenvalue weighted by molar-refractivity contribution is 7.15. The van der Waals surface area contributed by atoms with Gasteiger partial charge in [-0.3, -0.25) is 14.5 Å². The fourth-order valence-electron chi connectivity index (χ4n) is 1.84. The molecule has 1 unspecified atom stereocenters. The lowest BCUT2D eigenvalue weighted by atomic mass is 10.1. The van der Waals surface area contributed by atoms with Crippen LogP contribution < -0.4 is 10.2 Å². The van der Waals surface area contributed by atoms with Gasteiger partial charge in [-0.25, -0.2) is 0 Å². The van der Waals surface area contributed by atoms with E-state index in [1.807, 2.05) is 13.8 Å². The first kappa shape index (κ1) is 12.9. The molecule has 6 nitrogen and oxygen atoms in total. The first-order valence-corrected chi connectivity index (χ1v) is 6.70. The Morgan fingerprint density at radius 2 is 2.22 bits per heavy atom. The molecule has 1 atom stereocenters. The van der Waals surface area contributed by atoms with Crippen molar-refractivity contribution in [3.63, 3.8) is 0 Å². The van der Waals surface area contributed by atoms with E-state index in [1.165, 1.54) is 11.3 Å². The molecule has 1 aromatic heterocycles. The Kier molecular flexibility index (Phi) is 3.60. The van der Waals surface area contributed by atoms with Crippen LogP contribution in [0.25, 0.3) is 0 Å². The van der Waals surface area contributed by atoms with Crippen molar-refractivity contribution < 1.29 is 9.59 Å². The van der Waals surface area contributed by atoms with Crippen LogP contribution in [0.2, 0.25) is 0 Å². The summed E-state index contributed by atoms with van der Waals surface area (Å²) in [6, 6.07) is 0. The lowest BCUT2D eigenvalue weighted by Crippen LogP contribution is -2.30. The molecule has 98 valence electrons. The Bertz CT molecular complexity index is 471. The molecule has 7 heteroatoms. The van der Waals surface area contributed by atoms with Crippen molar-refractivity contribution in [3.05, 3.63) is 5.01 Å². The maximum absolute atomic E-state index is 11.9. The Labute approximate surface area is 109 Å². The highest BCUT2D eigenvalue weighted by Crippen LogP contribution is 2.30. The third-order valence-electron chi connectivity index (χ3n) is 2.90. The summed E-state index contributed by atoms with van der Waals surface area (Å²) in [5, 5.41) is 12.2. The third-order valence-corrected chi connectivity index (χ3v) is 4.14. The third kappa shape index (κ3) is 2.35. The minimum Gasteiger partial charge on any atom is -0.359 e. The zero-order chi connectivity index (χ0) is 13.3. The topological polar surface area (TPSA) is 75.2 Å². The maximum Gasteiger partial charge on any atom is 0.229 e. The molecule has 0 bridgehead atoms. The van der Waals surface area contributed by atoms with Crippen LogP contribution in [0.3, 0.4) is 0 Å². The SMILES string of the molecule is CNC(=O)C1CC(=O)N(c2nnc(C(C)C)s2)C1. The van der Waals surface area contributed by atoms with E-state index in [-0.39, 0.29) is 24.2 Å². The molecule has 1 fully saturated rings. The molecular weight excluding hydrogens is 252 g/mol. The monoisotopic (exact) mass is 268 g/mol. The van der Waals surface area contributed by atoms with Crippen LogP contribution in [0.15, 0.2) is 0 Å². The minimum absolute atomic E-state index is 0.0601. The second-order valence-electron chi connectivity index (χ2n) is 4.60. The van der Waals surface area contributed by atoms with Gasteiger partial charge in [-0.15, -0.1) is 10.2 Å². The summed E-state index contributed by atoms with van der Waals surface area (Å²) < 4.78 is 0. The molecule has 18 heavy (non-hydrogen) atoms. The van der Waals surface area contributed by atoms with E-state index in [0.29, 0.717) is 17.6 Å². The number of carbonyl (C=O) groups excluding carboxylic acids is 2. The van der Waals surface area contributed by atoms with Crippen molar-refractivity contribution in [2.75, 3.05) is 18.5 Å². The highest BCUT2D eigenvalue weighted by atomic mass is 32.1. The van der Waals surface area contributed by atoms with Crippen LogP contribution in [-0.2, 0) is 9.59 Å². The molecule has 1 N–H and O–H groups in total. The molecule has 1 aromatic rings. The van der Waals surface area contributed by atoms with Crippen LogP contribution in [0, 0.1) is 5.92 Å². The van der Waals surface area contributed by atoms with Gasteiger partial charge in [-0.1, -0.05) is 25.2 Å². The Morgan fingerprint density at radius 3 is 2.78 bits per heavy atom. The van der Waals surface area contributed by atoms with Gasteiger partial charge >= 0.3 is 0 Å². The average Bonchev–Trinajstić information content (AvgIpc) is 2.94. The molecule has 1 aliphatic rings. The van der Waals surface area contributed by atoms with Crippen LogP contribution in [0.1, 0.15) is 31.2 Å². The fraction of sp³-hybridized carbons (Fsp3) is 0.636. The average molecular weight is 268 g/mol. The molecule has 1 aliphatic heterocycles. The summed E-state index contributed by atoms with van der Waals surface area (Å²) in [5.41, 5.74) is 0. The van der Waals surface area contributed by atoms with E-state index in [4.69, 9.17) is 0 Å². The van der Waals surface area contributed by atoms with Crippen molar-refractivity contribution in [2.45, 2.75) is 26.2 Å². The number of anilines is 1. The molecule has 1 saturated heterocycles. The van der Waals surface area contributed by atoms with Crippen molar-refractivity contribution in [1.82, 2.24) is 15.5 Å². The van der Waals surface area contributed by atoms with E-state index < -0.39 is 0 Å². The molecule has 0 saturated carbocycles. The van der Waals surface area contributed by atoms with E-state index in [2.05, 4.69) is 15.5 Å². The van der Waals surface area contributed by atoms with E-state index in [0.717, 1.165) is 5.01 Å². The molecule has 0 radical (unpaired) electrons. The molecule has 0 aliphatic carbocycles. The molecule has 2 heterocycles. The van der Waals surface area contributed by atoms with Gasteiger partial charge in [0.05, 0.1) is 5.92 Å². The number of nitrogens with zero attached hydrogens (tertiary/aromatic N) is 3. The van der Waals surface area contributed by atoms with E-state index >= 15 is 0 Å². The van der Waals surface area contributed by atoms with Gasteiger partial charge in [0.15, 0.2) is 0 Å². The van der Waals surface area contributed by atoms with Crippen LogP contribution in [-0.4, -0.2) is 35.6 Å². The summed E-state index contributed by atoms with van der Waals surface area (Å²) in [5.74, 6) is -0.146. The van der Waals surface area contributed by atoms with Crippen LogP contribution in [0.4, 0.5) is 5.13 Å². The normalized spacial score (nSPS) is 19.7. The number of hydrogen-bond acceptors (Lipinski definition) is 5. The predicted molar refractivity (Wildman–Crippen MR) is 68.5 cm³/mol. The Hall–Kier alpha value is -1.50. The first-order valence-electron chi connectivity index (χ1n) is 5.88. The lowest BCUT2D eigenvalue weighted by Gasteiger charge is -2.11. The quantitative estimate of drug-likeness (QED) is 0.878. The lowest BCUT2D eigenvalue weighted by molar-refractivity contribution is -0.125. The Morgan fingerprint density at radius 1 is 1.50 bits per heavy atom. The standard InChI is InChI=1S/C11H16N4O2S/c1-6(2)10-13-14-11(18-10)15-5-7(4-8(15)16)9(17)12-3/h6-7H,4-5H2,1-3H3,(H,12,17). The smallest absolute Gasteiger partial charge is 0.229 e. The number of aromatic nitrogens is 2. The van der Waals surface area contributed by atoms with Crippen LogP contribution >= 0.6 is 11.3 Å². The minimum atomic E-state index is -0.283. The van der Waals surface area contributed by atoms with Gasteiger partial charge in [0.25, 0.3) is 0 Å². The largest absolute Gasteiger partial charge is 0.359 e.